The van der Waals surface area contributed by atoms with Crippen molar-refractivity contribution in [3.8, 4) is 17.6 Å². The molecule has 1 aliphatic rings. The molecule has 0 unspecified atom stereocenters. The van der Waals surface area contributed by atoms with Crippen LogP contribution >= 0.6 is 0 Å². The minimum atomic E-state index is -0.946. The number of β-amino-alcohol motifs (C(OH)–C–C–N with tert-alkyl or cyclic N) is 1. The molecule has 1 N–H and O–H groups in total. The number of hydrogen-bond acceptors (Lipinski definition) is 4. The molecule has 0 atom stereocenters. The van der Waals surface area contributed by atoms with Gasteiger partial charge in [-0.05, 0) is 38.5 Å². The highest BCUT2D eigenvalue weighted by Gasteiger charge is 2.40. The van der Waals surface area contributed by atoms with E-state index in [-0.39, 0.29) is 0 Å². The lowest BCUT2D eigenvalue weighted by Crippen LogP contribution is -2.62. The lowest BCUT2D eigenvalue weighted by atomic mass is 9.93. The second-order valence-electron chi connectivity index (χ2n) is 6.53. The maximum absolute atomic E-state index is 11.1. The number of benzene rings is 1. The van der Waals surface area contributed by atoms with Crippen molar-refractivity contribution in [2.24, 2.45) is 0 Å². The van der Waals surface area contributed by atoms with E-state index in [2.05, 4.69) is 30.6 Å². The molecule has 1 aliphatic heterocycles. The van der Waals surface area contributed by atoms with E-state index in [9.17, 15) is 9.90 Å². The van der Waals surface area contributed by atoms with Crippen molar-refractivity contribution in [1.82, 2.24) is 4.90 Å². The Kier molecular flexibility index (Phi) is 5.87. The molecule has 0 aliphatic carbocycles. The third-order valence-electron chi connectivity index (χ3n) is 4.06. The Labute approximate surface area is 144 Å². The van der Waals surface area contributed by atoms with Crippen LogP contribution in [0.1, 0.15) is 32.8 Å². The van der Waals surface area contributed by atoms with Crippen LogP contribution < -0.4 is 9.64 Å². The Morgan fingerprint density at radius 3 is 2.75 bits per heavy atom. The number of ether oxygens (including phenoxy) is 1. The largest absolute Gasteiger partial charge is 0.491 e. The number of aliphatic hydroxyl groups is 1. The predicted octanol–water partition coefficient (Wildman–Crippen LogP) is 1.87. The highest BCUT2D eigenvalue weighted by molar-refractivity contribution is 5.79. The van der Waals surface area contributed by atoms with Gasteiger partial charge in [0.1, 0.15) is 5.75 Å². The Morgan fingerprint density at radius 1 is 1.46 bits per heavy atom. The van der Waals surface area contributed by atoms with E-state index in [4.69, 9.17) is 4.74 Å². The molecule has 1 aromatic carbocycles. The van der Waals surface area contributed by atoms with Gasteiger partial charge in [0.2, 0.25) is 6.41 Å². The minimum Gasteiger partial charge on any atom is -0.491 e. The topological polar surface area (TPSA) is 53.0 Å². The molecular weight excluding hydrogens is 304 g/mol. The molecule has 1 saturated heterocycles. The molecule has 24 heavy (non-hydrogen) atoms. The Bertz CT molecular complexity index is 640. The average Bonchev–Trinajstić information content (AvgIpc) is 2.55. The normalized spacial score (nSPS) is 16.1. The summed E-state index contributed by atoms with van der Waals surface area (Å²) in [6.07, 6.45) is 1.64. The zero-order valence-corrected chi connectivity index (χ0v) is 14.9. The molecule has 0 radical (unpaired) electrons. The van der Waals surface area contributed by atoms with Crippen LogP contribution in [0.4, 0.5) is 5.69 Å². The second kappa shape index (κ2) is 7.69. The maximum Gasteiger partial charge on any atom is 0.213 e. The summed E-state index contributed by atoms with van der Waals surface area (Å²) in [5.74, 6) is 6.64. The lowest BCUT2D eigenvalue weighted by molar-refractivity contribution is -0.107. The Hall–Kier alpha value is -2.03. The van der Waals surface area contributed by atoms with E-state index in [1.165, 1.54) is 4.90 Å². The molecule has 0 saturated carbocycles. The van der Waals surface area contributed by atoms with Crippen molar-refractivity contribution < 1.29 is 14.6 Å². The molecular formula is C19H26N2O3. The molecule has 2 rings (SSSR count). The quantitative estimate of drug-likeness (QED) is 0.639. The van der Waals surface area contributed by atoms with Crippen LogP contribution in [0.5, 0.6) is 5.75 Å². The molecule has 1 heterocycles. The minimum absolute atomic E-state index is 0.412. The number of carbonyl (C=O) groups excluding carboxylic acids is 1. The summed E-state index contributed by atoms with van der Waals surface area (Å²) in [6.45, 7) is 7.96. The van der Waals surface area contributed by atoms with Gasteiger partial charge < -0.3 is 14.7 Å². The van der Waals surface area contributed by atoms with E-state index in [0.29, 0.717) is 37.2 Å². The molecule has 1 aromatic rings. The van der Waals surface area contributed by atoms with Crippen LogP contribution in [0.2, 0.25) is 0 Å². The van der Waals surface area contributed by atoms with Crippen molar-refractivity contribution in [1.29, 1.82) is 0 Å². The smallest absolute Gasteiger partial charge is 0.213 e. The predicted molar refractivity (Wildman–Crippen MR) is 95.2 cm³/mol. The van der Waals surface area contributed by atoms with Gasteiger partial charge in [-0.1, -0.05) is 18.8 Å². The fourth-order valence-corrected chi connectivity index (χ4v) is 2.52. The van der Waals surface area contributed by atoms with Crippen molar-refractivity contribution in [2.75, 3.05) is 31.6 Å². The first-order valence-electron chi connectivity index (χ1n) is 8.33. The summed E-state index contributed by atoms with van der Waals surface area (Å²) < 4.78 is 5.68. The van der Waals surface area contributed by atoms with Crippen molar-refractivity contribution in [3.63, 3.8) is 0 Å². The van der Waals surface area contributed by atoms with Gasteiger partial charge in [0, 0.05) is 31.7 Å². The molecule has 1 fully saturated rings. The summed E-state index contributed by atoms with van der Waals surface area (Å²) in [5, 5.41) is 10.4. The van der Waals surface area contributed by atoms with Crippen LogP contribution in [0.25, 0.3) is 0 Å². The Morgan fingerprint density at radius 2 is 2.17 bits per heavy atom. The molecule has 1 amide bonds. The van der Waals surface area contributed by atoms with E-state index in [0.717, 1.165) is 18.4 Å². The molecule has 0 bridgehead atoms. The maximum atomic E-state index is 11.1. The van der Waals surface area contributed by atoms with E-state index >= 15 is 0 Å². The second-order valence-corrected chi connectivity index (χ2v) is 6.53. The molecule has 0 spiro atoms. The van der Waals surface area contributed by atoms with E-state index in [1.54, 1.807) is 7.05 Å². The van der Waals surface area contributed by atoms with E-state index < -0.39 is 5.60 Å². The summed E-state index contributed by atoms with van der Waals surface area (Å²) >= 11 is 0. The van der Waals surface area contributed by atoms with Crippen LogP contribution in [0.3, 0.4) is 0 Å². The van der Waals surface area contributed by atoms with Gasteiger partial charge in [-0.25, -0.2) is 0 Å². The van der Waals surface area contributed by atoms with Gasteiger partial charge in [0.25, 0.3) is 0 Å². The third-order valence-corrected chi connectivity index (χ3v) is 4.06. The number of amides is 1. The molecule has 5 nitrogen and oxygen atoms in total. The highest BCUT2D eigenvalue weighted by atomic mass is 16.5. The standard InChI is InChI=1S/C19H26N2O3/c1-5-10-24-18-7-6-16(11-17(18)20(4)14-22)8-9-19(23)12-21(13-19)15(2)3/h6-7,11,14-15,23H,5,10,12-13H2,1-4H3. The number of nitrogens with zero attached hydrogens (tertiary/aromatic N) is 2. The van der Waals surface area contributed by atoms with Crippen molar-refractivity contribution in [3.05, 3.63) is 23.8 Å². The highest BCUT2D eigenvalue weighted by Crippen LogP contribution is 2.28. The zero-order valence-electron chi connectivity index (χ0n) is 14.9. The monoisotopic (exact) mass is 330 g/mol. The first-order chi connectivity index (χ1) is 11.4. The summed E-state index contributed by atoms with van der Waals surface area (Å²) in [4.78, 5) is 14.7. The van der Waals surface area contributed by atoms with Crippen LogP contribution in [0, 0.1) is 11.8 Å². The molecule has 0 aromatic heterocycles. The van der Waals surface area contributed by atoms with Gasteiger partial charge in [-0.3, -0.25) is 9.69 Å². The van der Waals surface area contributed by atoms with Crippen molar-refractivity contribution >= 4 is 12.1 Å². The summed E-state index contributed by atoms with van der Waals surface area (Å²) in [6, 6.07) is 5.90. The van der Waals surface area contributed by atoms with Gasteiger partial charge in [-0.15, -0.1) is 0 Å². The number of likely N-dealkylation sites (tertiary alicyclic amines) is 1. The van der Waals surface area contributed by atoms with Gasteiger partial charge >= 0.3 is 0 Å². The van der Waals surface area contributed by atoms with Crippen LogP contribution in [-0.4, -0.2) is 54.8 Å². The first-order valence-corrected chi connectivity index (χ1v) is 8.33. The third kappa shape index (κ3) is 4.28. The fourth-order valence-electron chi connectivity index (χ4n) is 2.52. The number of hydrogen-bond donors (Lipinski definition) is 1. The van der Waals surface area contributed by atoms with Gasteiger partial charge in [0.05, 0.1) is 12.3 Å². The summed E-state index contributed by atoms with van der Waals surface area (Å²) in [7, 11) is 1.68. The zero-order chi connectivity index (χ0) is 17.7. The molecule has 5 heteroatoms. The SMILES string of the molecule is CCCOc1ccc(C#CC2(O)CN(C(C)C)C2)cc1N(C)C=O. The first kappa shape index (κ1) is 18.3. The van der Waals surface area contributed by atoms with Crippen LogP contribution in [0.15, 0.2) is 18.2 Å². The summed E-state index contributed by atoms with van der Waals surface area (Å²) in [5.41, 5.74) is 0.479. The Balaban J connectivity index is 2.17. The number of carbonyl (C=O) groups is 1. The number of rotatable bonds is 6. The average molecular weight is 330 g/mol. The van der Waals surface area contributed by atoms with Gasteiger partial charge in [-0.2, -0.15) is 0 Å². The van der Waals surface area contributed by atoms with Gasteiger partial charge in [0.15, 0.2) is 5.60 Å². The lowest BCUT2D eigenvalue weighted by Gasteiger charge is -2.45. The van der Waals surface area contributed by atoms with Crippen molar-refractivity contribution in [2.45, 2.75) is 38.8 Å². The fraction of sp³-hybridized carbons (Fsp3) is 0.526. The molecule has 130 valence electrons. The van der Waals surface area contributed by atoms with Crippen LogP contribution in [-0.2, 0) is 4.79 Å². The van der Waals surface area contributed by atoms with E-state index in [1.807, 2.05) is 25.1 Å². The number of anilines is 1.